The fourth-order valence-electron chi connectivity index (χ4n) is 3.48. The summed E-state index contributed by atoms with van der Waals surface area (Å²) in [5, 5.41) is 10.2. The highest BCUT2D eigenvalue weighted by atomic mass is 16.3. The number of ketones is 1. The third-order valence-electron chi connectivity index (χ3n) is 5.14. The first kappa shape index (κ1) is 14.6. The van der Waals surface area contributed by atoms with E-state index in [1.165, 1.54) is 12.8 Å². The van der Waals surface area contributed by atoms with Crippen LogP contribution in [0.2, 0.25) is 0 Å². The molecule has 1 N–H and O–H groups in total. The lowest BCUT2D eigenvalue weighted by Gasteiger charge is -2.26. The van der Waals surface area contributed by atoms with Gasteiger partial charge >= 0.3 is 0 Å². The van der Waals surface area contributed by atoms with E-state index in [0.29, 0.717) is 5.76 Å². The minimum Gasteiger partial charge on any atom is -0.512 e. The molecule has 0 aromatic carbocycles. The number of rotatable bonds is 3. The normalized spacial score (nSPS) is 37.1. The predicted molar refractivity (Wildman–Crippen MR) is 78.0 cm³/mol. The second-order valence-corrected chi connectivity index (χ2v) is 6.89. The van der Waals surface area contributed by atoms with Gasteiger partial charge in [-0.1, -0.05) is 39.5 Å². The molecule has 2 saturated carbocycles. The number of aliphatic hydroxyl groups is 1. The van der Waals surface area contributed by atoms with Crippen molar-refractivity contribution >= 4 is 5.78 Å². The highest BCUT2D eigenvalue weighted by molar-refractivity contribution is 5.92. The van der Waals surface area contributed by atoms with Crippen molar-refractivity contribution in [3.8, 4) is 0 Å². The fourth-order valence-corrected chi connectivity index (χ4v) is 3.48. The third kappa shape index (κ3) is 4.09. The lowest BCUT2D eigenvalue weighted by atomic mass is 9.79. The van der Waals surface area contributed by atoms with E-state index in [-0.39, 0.29) is 17.6 Å². The Kier molecular flexibility index (Phi) is 5.06. The van der Waals surface area contributed by atoms with E-state index >= 15 is 0 Å². The standard InChI is InChI=1S/C17H28O2/c1-12-3-7-14(8-4-12)16(18)11-17(19)15-9-5-13(2)6-10-15/h11-15,18H,3-10H2,1-2H3. The third-order valence-corrected chi connectivity index (χ3v) is 5.14. The summed E-state index contributed by atoms with van der Waals surface area (Å²) in [6.45, 7) is 4.53. The molecule has 108 valence electrons. The van der Waals surface area contributed by atoms with Crippen LogP contribution < -0.4 is 0 Å². The van der Waals surface area contributed by atoms with E-state index in [0.717, 1.165) is 50.4 Å². The summed E-state index contributed by atoms with van der Waals surface area (Å²) in [5.41, 5.74) is 0. The molecule has 0 aromatic rings. The van der Waals surface area contributed by atoms with Gasteiger partial charge < -0.3 is 5.11 Å². The van der Waals surface area contributed by atoms with Crippen molar-refractivity contribution < 1.29 is 9.90 Å². The van der Waals surface area contributed by atoms with E-state index in [4.69, 9.17) is 0 Å². The van der Waals surface area contributed by atoms with Crippen molar-refractivity contribution in [2.24, 2.45) is 23.7 Å². The van der Waals surface area contributed by atoms with Gasteiger partial charge in [0.2, 0.25) is 0 Å². The second-order valence-electron chi connectivity index (χ2n) is 6.89. The van der Waals surface area contributed by atoms with E-state index in [1.807, 2.05) is 0 Å². The summed E-state index contributed by atoms with van der Waals surface area (Å²) in [6, 6.07) is 0. The van der Waals surface area contributed by atoms with E-state index in [2.05, 4.69) is 13.8 Å². The molecule has 0 amide bonds. The van der Waals surface area contributed by atoms with Crippen LogP contribution in [-0.4, -0.2) is 10.9 Å². The van der Waals surface area contributed by atoms with Crippen LogP contribution in [0.5, 0.6) is 0 Å². The van der Waals surface area contributed by atoms with Crippen molar-refractivity contribution in [2.75, 3.05) is 0 Å². The van der Waals surface area contributed by atoms with Gasteiger partial charge in [0.15, 0.2) is 5.78 Å². The zero-order chi connectivity index (χ0) is 13.8. The van der Waals surface area contributed by atoms with Gasteiger partial charge in [0.25, 0.3) is 0 Å². The quantitative estimate of drug-likeness (QED) is 0.595. The molecule has 2 rings (SSSR count). The van der Waals surface area contributed by atoms with Crippen molar-refractivity contribution in [3.05, 3.63) is 11.8 Å². The SMILES string of the molecule is CC1CCC(C(=O)C=C(O)C2CCC(C)CC2)CC1. The molecule has 2 aliphatic rings. The topological polar surface area (TPSA) is 37.3 Å². The minimum atomic E-state index is 0.167. The largest absolute Gasteiger partial charge is 0.512 e. The van der Waals surface area contributed by atoms with Crippen LogP contribution in [-0.2, 0) is 4.79 Å². The van der Waals surface area contributed by atoms with Crippen LogP contribution in [0.25, 0.3) is 0 Å². The van der Waals surface area contributed by atoms with Crippen molar-refractivity contribution in [3.63, 3.8) is 0 Å². The number of hydrogen-bond donors (Lipinski definition) is 1. The van der Waals surface area contributed by atoms with Gasteiger partial charge in [-0.15, -0.1) is 0 Å². The van der Waals surface area contributed by atoms with Crippen molar-refractivity contribution in [1.82, 2.24) is 0 Å². The summed E-state index contributed by atoms with van der Waals surface area (Å²) in [4.78, 5) is 12.2. The Bertz CT molecular complexity index is 329. The molecule has 0 atom stereocenters. The second kappa shape index (κ2) is 6.58. The molecule has 2 nitrogen and oxygen atoms in total. The molecule has 2 heteroatoms. The van der Waals surface area contributed by atoms with Gasteiger partial charge in [-0.2, -0.15) is 0 Å². The Labute approximate surface area is 117 Å². The average molecular weight is 264 g/mol. The lowest BCUT2D eigenvalue weighted by Crippen LogP contribution is -2.21. The van der Waals surface area contributed by atoms with Gasteiger partial charge in [0, 0.05) is 17.9 Å². The first-order chi connectivity index (χ1) is 9.06. The highest BCUT2D eigenvalue weighted by Gasteiger charge is 2.26. The zero-order valence-electron chi connectivity index (χ0n) is 12.4. The molecule has 0 spiro atoms. The molecule has 0 bridgehead atoms. The van der Waals surface area contributed by atoms with Crippen LogP contribution >= 0.6 is 0 Å². The number of hydrogen-bond acceptors (Lipinski definition) is 2. The molecule has 0 aliphatic heterocycles. The number of carbonyl (C=O) groups excluding carboxylic acids is 1. The maximum atomic E-state index is 12.2. The zero-order valence-corrected chi connectivity index (χ0v) is 12.4. The summed E-state index contributed by atoms with van der Waals surface area (Å²) in [5.74, 6) is 2.48. The Balaban J connectivity index is 1.87. The van der Waals surface area contributed by atoms with E-state index in [9.17, 15) is 9.90 Å². The molecular formula is C17H28O2. The number of carbonyl (C=O) groups is 1. The molecule has 2 fully saturated rings. The Morgan fingerprint density at radius 3 is 1.74 bits per heavy atom. The van der Waals surface area contributed by atoms with Crippen LogP contribution in [0.15, 0.2) is 11.8 Å². The molecule has 0 aromatic heterocycles. The number of aliphatic hydroxyl groups excluding tert-OH is 1. The Hall–Kier alpha value is -0.790. The molecule has 2 aliphatic carbocycles. The lowest BCUT2D eigenvalue weighted by molar-refractivity contribution is -0.119. The summed E-state index contributed by atoms with van der Waals surface area (Å²) in [6.07, 6.45) is 10.3. The minimum absolute atomic E-state index is 0.167. The Morgan fingerprint density at radius 1 is 0.842 bits per heavy atom. The van der Waals surface area contributed by atoms with Crippen LogP contribution in [0, 0.1) is 23.7 Å². The molecule has 0 unspecified atom stereocenters. The smallest absolute Gasteiger partial charge is 0.162 e. The first-order valence-electron chi connectivity index (χ1n) is 8.00. The monoisotopic (exact) mass is 264 g/mol. The summed E-state index contributed by atoms with van der Waals surface area (Å²) >= 11 is 0. The van der Waals surface area contributed by atoms with Gasteiger partial charge in [0.05, 0.1) is 5.76 Å². The molecule has 19 heavy (non-hydrogen) atoms. The van der Waals surface area contributed by atoms with Crippen molar-refractivity contribution in [2.45, 2.75) is 65.2 Å². The predicted octanol–water partition coefficient (Wildman–Crippen LogP) is 4.65. The van der Waals surface area contributed by atoms with Crippen LogP contribution in [0.3, 0.4) is 0 Å². The summed E-state index contributed by atoms with van der Waals surface area (Å²) in [7, 11) is 0. The van der Waals surface area contributed by atoms with E-state index < -0.39 is 0 Å². The molecular weight excluding hydrogens is 236 g/mol. The van der Waals surface area contributed by atoms with Crippen LogP contribution in [0.1, 0.15) is 65.2 Å². The van der Waals surface area contributed by atoms with E-state index in [1.54, 1.807) is 6.08 Å². The van der Waals surface area contributed by atoms with Gasteiger partial charge in [-0.3, -0.25) is 4.79 Å². The molecule has 0 heterocycles. The fraction of sp³-hybridized carbons (Fsp3) is 0.824. The molecule has 0 radical (unpaired) electrons. The maximum absolute atomic E-state index is 12.2. The first-order valence-corrected chi connectivity index (χ1v) is 8.00. The van der Waals surface area contributed by atoms with Crippen LogP contribution in [0.4, 0.5) is 0 Å². The number of allylic oxidation sites excluding steroid dienone is 2. The molecule has 0 saturated heterocycles. The van der Waals surface area contributed by atoms with Crippen molar-refractivity contribution in [1.29, 1.82) is 0 Å². The Morgan fingerprint density at radius 2 is 1.26 bits per heavy atom. The summed E-state index contributed by atoms with van der Waals surface area (Å²) < 4.78 is 0. The maximum Gasteiger partial charge on any atom is 0.162 e. The highest BCUT2D eigenvalue weighted by Crippen LogP contribution is 2.33. The van der Waals surface area contributed by atoms with Gasteiger partial charge in [-0.25, -0.2) is 0 Å². The van der Waals surface area contributed by atoms with Gasteiger partial charge in [-0.05, 0) is 37.5 Å². The average Bonchev–Trinajstić information content (AvgIpc) is 2.40. The van der Waals surface area contributed by atoms with Gasteiger partial charge in [0.1, 0.15) is 0 Å².